The molecule has 0 atom stereocenters. The molecule has 2 aliphatic rings. The van der Waals surface area contributed by atoms with Gasteiger partial charge in [0.25, 0.3) is 5.91 Å². The van der Waals surface area contributed by atoms with E-state index in [0.29, 0.717) is 59.4 Å². The van der Waals surface area contributed by atoms with Crippen LogP contribution in [0.3, 0.4) is 0 Å². The van der Waals surface area contributed by atoms with Crippen molar-refractivity contribution in [2.24, 2.45) is 0 Å². The highest BCUT2D eigenvalue weighted by molar-refractivity contribution is 7.22. The molecule has 6 heterocycles. The Kier molecular flexibility index (Phi) is 8.00. The van der Waals surface area contributed by atoms with E-state index in [9.17, 15) is 14.7 Å². The average Bonchev–Trinajstić information content (AvgIpc) is 3.88. The maximum absolute atomic E-state index is 13.5. The number of aromatic nitrogens is 5. The largest absolute Gasteiger partial charge is 0.476 e. The number of nitrogens with zero attached hydrogens (tertiary/aromatic N) is 7. The lowest BCUT2D eigenvalue weighted by molar-refractivity contribution is 0.0691. The van der Waals surface area contributed by atoms with Crippen LogP contribution in [-0.4, -0.2) is 61.3 Å². The Balaban J connectivity index is 1.03. The van der Waals surface area contributed by atoms with Gasteiger partial charge in [0.2, 0.25) is 0 Å². The predicted octanol–water partition coefficient (Wildman–Crippen LogP) is 6.42. The van der Waals surface area contributed by atoms with E-state index in [0.717, 1.165) is 45.9 Å². The number of carbonyl (C=O) groups is 2. The molecule has 0 spiro atoms. The number of benzene rings is 2. The van der Waals surface area contributed by atoms with Crippen LogP contribution in [0.1, 0.15) is 56.2 Å². The van der Waals surface area contributed by atoms with Gasteiger partial charge in [-0.25, -0.2) is 19.7 Å². The van der Waals surface area contributed by atoms with Crippen molar-refractivity contribution in [3.8, 4) is 11.1 Å². The molecule has 11 nitrogen and oxygen atoms in total. The number of amides is 1. The number of fused-ring (bicyclic) bond motifs is 2. The van der Waals surface area contributed by atoms with Crippen LogP contribution < -0.4 is 15.1 Å². The number of aryl methyl sites for hydroxylation is 1. The van der Waals surface area contributed by atoms with Crippen LogP contribution in [0.15, 0.2) is 79.0 Å². The lowest BCUT2D eigenvalue weighted by Gasteiger charge is -2.31. The number of pyridine rings is 2. The van der Waals surface area contributed by atoms with E-state index < -0.39 is 5.97 Å². The fourth-order valence-electron chi connectivity index (χ4n) is 6.79. The molecule has 49 heavy (non-hydrogen) atoms. The summed E-state index contributed by atoms with van der Waals surface area (Å²) in [7, 11) is 0. The van der Waals surface area contributed by atoms with Gasteiger partial charge in [-0.3, -0.25) is 14.8 Å². The second-order valence-corrected chi connectivity index (χ2v) is 13.5. The molecule has 1 amide bonds. The summed E-state index contributed by atoms with van der Waals surface area (Å²) in [4.78, 5) is 44.5. The molecule has 12 heteroatoms. The summed E-state index contributed by atoms with van der Waals surface area (Å²) in [5.74, 6) is 0.185. The molecular formula is C37H34N8O3S. The molecule has 2 N–H and O–H groups in total. The van der Waals surface area contributed by atoms with Crippen molar-refractivity contribution in [1.29, 1.82) is 0 Å². The van der Waals surface area contributed by atoms with E-state index in [1.165, 1.54) is 24.2 Å². The topological polar surface area (TPSA) is 129 Å². The minimum absolute atomic E-state index is 0.0398. The molecule has 0 aliphatic carbocycles. The van der Waals surface area contributed by atoms with Gasteiger partial charge in [-0.2, -0.15) is 5.10 Å². The minimum atomic E-state index is -1.11. The first-order chi connectivity index (χ1) is 23.9. The number of thiazole rings is 1. The van der Waals surface area contributed by atoms with E-state index in [1.807, 2.05) is 95.5 Å². The number of hydrogen-bond donors (Lipinski definition) is 2. The van der Waals surface area contributed by atoms with Crippen molar-refractivity contribution < 1.29 is 14.7 Å². The molecule has 0 bridgehead atoms. The van der Waals surface area contributed by atoms with Crippen LogP contribution >= 0.6 is 11.3 Å². The summed E-state index contributed by atoms with van der Waals surface area (Å²) in [6.45, 7) is 5.45. The average molecular weight is 671 g/mol. The number of carbonyl (C=O) groups excluding carboxylic acids is 1. The van der Waals surface area contributed by atoms with Crippen LogP contribution in [0, 0.1) is 6.92 Å². The number of nitrogens with one attached hydrogen (secondary N) is 1. The zero-order chi connectivity index (χ0) is 33.5. The zero-order valence-electron chi connectivity index (χ0n) is 27.0. The van der Waals surface area contributed by atoms with Crippen molar-refractivity contribution >= 4 is 50.2 Å². The predicted molar refractivity (Wildman–Crippen MR) is 191 cm³/mol. The van der Waals surface area contributed by atoms with Crippen molar-refractivity contribution in [2.45, 2.75) is 39.3 Å². The number of carboxylic acid groups (broad SMARTS) is 1. The highest BCUT2D eigenvalue weighted by Crippen LogP contribution is 2.32. The number of para-hydroxylation sites is 1. The number of anilines is 3. The van der Waals surface area contributed by atoms with Gasteiger partial charge in [0.05, 0.1) is 28.1 Å². The third-order valence-corrected chi connectivity index (χ3v) is 10.2. The molecule has 246 valence electrons. The standard InChI is InChI=1S/C37H34N8O3S/c1-23-28(22-45(42-23)20-25-9-7-13-32(38-25)43-17-4-5-18-43)26-14-15-33(40-34(26)36(47)48)44-19-16-24-8-6-10-27(29(24)21-44)35(46)41-37-39-30-11-2-3-12-31(30)49-37/h2-3,6-15,22H,4-5,16-21H2,1H3,(H,47,48)(H,39,41,46). The van der Waals surface area contributed by atoms with Crippen molar-refractivity contribution in [3.63, 3.8) is 0 Å². The Labute approximate surface area is 286 Å². The van der Waals surface area contributed by atoms with Crippen LogP contribution in [-0.2, 0) is 19.5 Å². The van der Waals surface area contributed by atoms with Crippen molar-refractivity contribution in [2.75, 3.05) is 34.8 Å². The van der Waals surface area contributed by atoms with Gasteiger partial charge in [0, 0.05) is 49.1 Å². The second-order valence-electron chi connectivity index (χ2n) is 12.4. The van der Waals surface area contributed by atoms with Gasteiger partial charge in [-0.15, -0.1) is 0 Å². The molecule has 0 radical (unpaired) electrons. The van der Waals surface area contributed by atoms with Gasteiger partial charge < -0.3 is 14.9 Å². The van der Waals surface area contributed by atoms with E-state index in [4.69, 9.17) is 10.1 Å². The quantitative estimate of drug-likeness (QED) is 0.189. The number of hydrogen-bond acceptors (Lipinski definition) is 9. The molecule has 1 saturated heterocycles. The Morgan fingerprint density at radius 3 is 2.51 bits per heavy atom. The minimum Gasteiger partial charge on any atom is -0.476 e. The fourth-order valence-corrected chi connectivity index (χ4v) is 7.65. The van der Waals surface area contributed by atoms with E-state index in [2.05, 4.69) is 20.2 Å². The molecule has 0 unspecified atom stereocenters. The summed E-state index contributed by atoms with van der Waals surface area (Å²) in [5.41, 5.74) is 6.18. The van der Waals surface area contributed by atoms with Crippen LogP contribution in [0.5, 0.6) is 0 Å². The summed E-state index contributed by atoms with van der Waals surface area (Å²) >= 11 is 1.44. The molecule has 1 fully saturated rings. The fraction of sp³-hybridized carbons (Fsp3) is 0.243. The smallest absolute Gasteiger partial charge is 0.355 e. The summed E-state index contributed by atoms with van der Waals surface area (Å²) in [6, 6.07) is 23.3. The molecular weight excluding hydrogens is 637 g/mol. The Morgan fingerprint density at radius 2 is 1.67 bits per heavy atom. The maximum atomic E-state index is 13.5. The first-order valence-electron chi connectivity index (χ1n) is 16.4. The molecule has 6 aromatic rings. The third-order valence-electron chi connectivity index (χ3n) is 9.22. The highest BCUT2D eigenvalue weighted by atomic mass is 32.1. The van der Waals surface area contributed by atoms with Crippen LogP contribution in [0.4, 0.5) is 16.8 Å². The third kappa shape index (κ3) is 6.11. The lowest BCUT2D eigenvalue weighted by atomic mass is 9.94. The van der Waals surface area contributed by atoms with Gasteiger partial charge >= 0.3 is 5.97 Å². The lowest BCUT2D eigenvalue weighted by Crippen LogP contribution is -2.33. The van der Waals surface area contributed by atoms with Crippen molar-refractivity contribution in [1.82, 2.24) is 24.7 Å². The summed E-state index contributed by atoms with van der Waals surface area (Å²) < 4.78 is 2.81. The van der Waals surface area contributed by atoms with Gasteiger partial charge in [0.15, 0.2) is 10.8 Å². The zero-order valence-corrected chi connectivity index (χ0v) is 27.8. The SMILES string of the molecule is Cc1nn(Cc2cccc(N3CCCC3)n2)cc1-c1ccc(N2CCc3cccc(C(=O)Nc4nc5ccccc5s4)c3C2)nc1C(=O)O. The molecule has 4 aromatic heterocycles. The van der Waals surface area contributed by atoms with Gasteiger partial charge in [-0.1, -0.05) is 41.7 Å². The Bertz CT molecular complexity index is 2190. The normalized spacial score (nSPS) is 14.3. The summed E-state index contributed by atoms with van der Waals surface area (Å²) in [6.07, 6.45) is 4.93. The maximum Gasteiger partial charge on any atom is 0.355 e. The first kappa shape index (κ1) is 30.7. The molecule has 2 aliphatic heterocycles. The van der Waals surface area contributed by atoms with E-state index in [-0.39, 0.29) is 11.6 Å². The van der Waals surface area contributed by atoms with Crippen molar-refractivity contribution in [3.05, 3.63) is 113 Å². The summed E-state index contributed by atoms with van der Waals surface area (Å²) in [5, 5.41) is 18.5. The highest BCUT2D eigenvalue weighted by Gasteiger charge is 2.26. The number of aromatic carboxylic acids is 1. The Hall–Kier alpha value is -5.62. The van der Waals surface area contributed by atoms with E-state index >= 15 is 0 Å². The number of rotatable bonds is 8. The first-order valence-corrected chi connectivity index (χ1v) is 17.2. The van der Waals surface area contributed by atoms with Crippen LogP contribution in [0.25, 0.3) is 21.3 Å². The van der Waals surface area contributed by atoms with Gasteiger partial charge in [-0.05, 0) is 79.8 Å². The van der Waals surface area contributed by atoms with Gasteiger partial charge in [0.1, 0.15) is 11.6 Å². The molecule has 2 aromatic carbocycles. The monoisotopic (exact) mass is 670 g/mol. The molecule has 8 rings (SSSR count). The number of carboxylic acids is 1. The second kappa shape index (κ2) is 12.8. The van der Waals surface area contributed by atoms with Crippen LogP contribution in [0.2, 0.25) is 0 Å². The van der Waals surface area contributed by atoms with E-state index in [1.54, 1.807) is 0 Å². The Morgan fingerprint density at radius 1 is 0.857 bits per heavy atom. The molecule has 0 saturated carbocycles.